The molecule has 1 amide bonds. The fraction of sp³-hybridized carbons (Fsp3) is 0.107. The predicted molar refractivity (Wildman–Crippen MR) is 145 cm³/mol. The molecule has 0 atom stereocenters. The van der Waals surface area contributed by atoms with Gasteiger partial charge in [0.2, 0.25) is 0 Å². The van der Waals surface area contributed by atoms with E-state index in [1.54, 1.807) is 16.9 Å². The molecule has 5 rings (SSSR count). The van der Waals surface area contributed by atoms with Crippen LogP contribution in [0.15, 0.2) is 96.0 Å². The first-order valence-electron chi connectivity index (χ1n) is 11.4. The van der Waals surface area contributed by atoms with Crippen LogP contribution in [0.25, 0.3) is 22.2 Å². The monoisotopic (exact) mass is 514 g/mol. The number of para-hydroxylation sites is 1. The van der Waals surface area contributed by atoms with Gasteiger partial charge in [0.25, 0.3) is 5.91 Å². The van der Waals surface area contributed by atoms with Crippen molar-refractivity contribution in [2.24, 2.45) is 0 Å². The van der Waals surface area contributed by atoms with Crippen LogP contribution in [0.5, 0.6) is 0 Å². The summed E-state index contributed by atoms with van der Waals surface area (Å²) in [4.78, 5) is 18.5. The summed E-state index contributed by atoms with van der Waals surface area (Å²) in [6, 6.07) is 27.0. The Kier molecular flexibility index (Phi) is 7.32. The number of fused-ring (bicyclic) bond motifs is 1. The Labute approximate surface area is 218 Å². The van der Waals surface area contributed by atoms with Crippen LogP contribution in [0.2, 0.25) is 5.15 Å². The summed E-state index contributed by atoms with van der Waals surface area (Å²) in [5.74, 6) is 0.302. The maximum atomic E-state index is 13.2. The molecule has 0 spiro atoms. The molecule has 2 N–H and O–H groups in total. The molecule has 180 valence electrons. The normalized spacial score (nSPS) is 11.1. The van der Waals surface area contributed by atoms with Crippen molar-refractivity contribution in [3.63, 3.8) is 0 Å². The zero-order valence-corrected chi connectivity index (χ0v) is 20.8. The van der Waals surface area contributed by atoms with Gasteiger partial charge in [-0.3, -0.25) is 14.5 Å². The Hall–Kier alpha value is -3.65. The molecule has 2 aromatic heterocycles. The number of aliphatic hydroxyl groups excluding tert-OH is 1. The van der Waals surface area contributed by atoms with Crippen LogP contribution in [0.1, 0.15) is 15.9 Å². The third-order valence-electron chi connectivity index (χ3n) is 5.69. The van der Waals surface area contributed by atoms with Crippen molar-refractivity contribution in [1.82, 2.24) is 14.8 Å². The quantitative estimate of drug-likeness (QED) is 0.238. The molecule has 0 radical (unpaired) electrons. The Morgan fingerprint density at radius 1 is 1.00 bits per heavy atom. The third kappa shape index (κ3) is 5.14. The van der Waals surface area contributed by atoms with Gasteiger partial charge in [-0.25, -0.2) is 0 Å². The van der Waals surface area contributed by atoms with Crippen LogP contribution in [-0.4, -0.2) is 32.4 Å². The fourth-order valence-corrected chi connectivity index (χ4v) is 5.37. The average Bonchev–Trinajstić information content (AvgIpc) is 3.23. The Bertz CT molecular complexity index is 1520. The number of carbonyl (C=O) groups is 1. The second kappa shape index (κ2) is 11.0. The summed E-state index contributed by atoms with van der Waals surface area (Å²) in [6.45, 7) is 0.247. The van der Waals surface area contributed by atoms with E-state index in [-0.39, 0.29) is 12.5 Å². The maximum Gasteiger partial charge on any atom is 0.256 e. The lowest BCUT2D eigenvalue weighted by Crippen LogP contribution is -2.13. The number of hydrogen-bond donors (Lipinski definition) is 2. The van der Waals surface area contributed by atoms with Crippen LogP contribution in [0.4, 0.5) is 5.69 Å². The van der Waals surface area contributed by atoms with Crippen molar-refractivity contribution in [3.05, 3.63) is 107 Å². The summed E-state index contributed by atoms with van der Waals surface area (Å²) in [5, 5.41) is 18.5. The van der Waals surface area contributed by atoms with Gasteiger partial charge >= 0.3 is 0 Å². The topological polar surface area (TPSA) is 80.0 Å². The van der Waals surface area contributed by atoms with Crippen LogP contribution in [0.3, 0.4) is 0 Å². The van der Waals surface area contributed by atoms with Crippen molar-refractivity contribution in [3.8, 4) is 11.3 Å². The van der Waals surface area contributed by atoms with Gasteiger partial charge in [-0.05, 0) is 24.3 Å². The van der Waals surface area contributed by atoms with E-state index >= 15 is 0 Å². The van der Waals surface area contributed by atoms with E-state index in [2.05, 4.69) is 15.4 Å². The Morgan fingerprint density at radius 3 is 2.58 bits per heavy atom. The maximum absolute atomic E-state index is 13.2. The van der Waals surface area contributed by atoms with E-state index < -0.39 is 0 Å². The first-order chi connectivity index (χ1) is 17.6. The first kappa shape index (κ1) is 24.1. The number of thioether (sulfide) groups is 1. The molecular weight excluding hydrogens is 492 g/mol. The molecule has 0 aliphatic carbocycles. The Balaban J connectivity index is 1.39. The highest BCUT2D eigenvalue weighted by atomic mass is 35.5. The number of anilines is 1. The summed E-state index contributed by atoms with van der Waals surface area (Å²) < 4.78 is 1.62. The SMILES string of the molecule is O=C(Nc1cnc2ccccc2c1)c1ccccc1SCc1c(-c2ccccc2)nn(CCO)c1Cl. The lowest BCUT2D eigenvalue weighted by Gasteiger charge is -2.11. The van der Waals surface area contributed by atoms with Gasteiger partial charge in [-0.15, -0.1) is 11.8 Å². The average molecular weight is 515 g/mol. The Morgan fingerprint density at radius 2 is 1.75 bits per heavy atom. The predicted octanol–water partition coefficient (Wildman–Crippen LogP) is 6.29. The van der Waals surface area contributed by atoms with E-state index in [0.717, 1.165) is 32.6 Å². The zero-order chi connectivity index (χ0) is 24.9. The number of nitrogens with one attached hydrogen (secondary N) is 1. The number of hydrogen-bond acceptors (Lipinski definition) is 5. The second-order valence-corrected chi connectivity index (χ2v) is 9.46. The van der Waals surface area contributed by atoms with E-state index in [9.17, 15) is 9.90 Å². The van der Waals surface area contributed by atoms with Crippen LogP contribution < -0.4 is 5.32 Å². The molecule has 3 aromatic carbocycles. The summed E-state index contributed by atoms with van der Waals surface area (Å²) in [6.07, 6.45) is 1.66. The van der Waals surface area contributed by atoms with Gasteiger partial charge in [0, 0.05) is 27.2 Å². The molecule has 0 aliphatic rings. The smallest absolute Gasteiger partial charge is 0.256 e. The first-order valence-corrected chi connectivity index (χ1v) is 12.8. The number of amides is 1. The van der Waals surface area contributed by atoms with Crippen LogP contribution >= 0.6 is 23.4 Å². The highest BCUT2D eigenvalue weighted by Gasteiger charge is 2.19. The molecule has 0 saturated heterocycles. The molecule has 6 nitrogen and oxygen atoms in total. The summed E-state index contributed by atoms with van der Waals surface area (Å²) >= 11 is 8.19. The lowest BCUT2D eigenvalue weighted by molar-refractivity contribution is 0.102. The molecule has 36 heavy (non-hydrogen) atoms. The molecule has 0 unspecified atom stereocenters. The molecule has 0 bridgehead atoms. The van der Waals surface area contributed by atoms with Gasteiger partial charge in [0.1, 0.15) is 5.15 Å². The molecule has 8 heteroatoms. The number of aromatic nitrogens is 3. The van der Waals surface area contributed by atoms with Gasteiger partial charge in [0.05, 0.1) is 41.8 Å². The minimum absolute atomic E-state index is 0.0607. The van der Waals surface area contributed by atoms with E-state index in [1.807, 2.05) is 78.9 Å². The molecular formula is C28H23ClN4O2S. The van der Waals surface area contributed by atoms with Gasteiger partial charge in [-0.2, -0.15) is 5.10 Å². The summed E-state index contributed by atoms with van der Waals surface area (Å²) in [7, 11) is 0. The molecule has 0 fully saturated rings. The number of benzene rings is 3. The van der Waals surface area contributed by atoms with E-state index in [0.29, 0.717) is 28.7 Å². The minimum atomic E-state index is -0.208. The highest BCUT2D eigenvalue weighted by Crippen LogP contribution is 2.35. The van der Waals surface area contributed by atoms with Crippen LogP contribution in [-0.2, 0) is 12.3 Å². The van der Waals surface area contributed by atoms with Crippen molar-refractivity contribution in [1.29, 1.82) is 0 Å². The number of aliphatic hydroxyl groups is 1. The fourth-order valence-electron chi connectivity index (χ4n) is 3.95. The van der Waals surface area contributed by atoms with Crippen molar-refractivity contribution in [2.75, 3.05) is 11.9 Å². The molecule has 0 aliphatic heterocycles. The standard InChI is InChI=1S/C28H23ClN4O2S/c29-27-23(26(32-33(27)14-15-34)19-8-2-1-3-9-19)18-36-25-13-7-5-11-22(25)28(35)31-21-16-20-10-4-6-12-24(20)30-17-21/h1-13,16-17,34H,14-15,18H2,(H,31,35). The number of rotatable bonds is 8. The van der Waals surface area contributed by atoms with Gasteiger partial charge in [-0.1, -0.05) is 72.3 Å². The molecule has 2 heterocycles. The van der Waals surface area contributed by atoms with Crippen molar-refractivity contribution < 1.29 is 9.90 Å². The van der Waals surface area contributed by atoms with Crippen LogP contribution in [0, 0.1) is 0 Å². The summed E-state index contributed by atoms with van der Waals surface area (Å²) in [5.41, 5.74) is 4.65. The van der Waals surface area contributed by atoms with Gasteiger partial charge < -0.3 is 10.4 Å². The largest absolute Gasteiger partial charge is 0.394 e. The number of nitrogens with zero attached hydrogens (tertiary/aromatic N) is 3. The highest BCUT2D eigenvalue weighted by molar-refractivity contribution is 7.98. The number of halogens is 1. The van der Waals surface area contributed by atoms with E-state index in [4.69, 9.17) is 11.6 Å². The van der Waals surface area contributed by atoms with Gasteiger partial charge in [0.15, 0.2) is 0 Å². The lowest BCUT2D eigenvalue weighted by atomic mass is 10.1. The minimum Gasteiger partial charge on any atom is -0.394 e. The number of pyridine rings is 1. The molecule has 0 saturated carbocycles. The van der Waals surface area contributed by atoms with Crippen molar-refractivity contribution in [2.45, 2.75) is 17.2 Å². The third-order valence-corrected chi connectivity index (χ3v) is 7.22. The molecule has 5 aromatic rings. The number of carbonyl (C=O) groups excluding carboxylic acids is 1. The zero-order valence-electron chi connectivity index (χ0n) is 19.3. The second-order valence-electron chi connectivity index (χ2n) is 8.09. The van der Waals surface area contributed by atoms with Crippen molar-refractivity contribution >= 4 is 45.9 Å². The van der Waals surface area contributed by atoms with E-state index in [1.165, 1.54) is 11.8 Å².